The van der Waals surface area contributed by atoms with Crippen molar-refractivity contribution in [2.45, 2.75) is 18.3 Å². The molecule has 0 radical (unpaired) electrons. The van der Waals surface area contributed by atoms with Crippen molar-refractivity contribution >= 4 is 6.29 Å². The van der Waals surface area contributed by atoms with Crippen molar-refractivity contribution in [2.75, 3.05) is 20.5 Å². The highest BCUT2D eigenvalue weighted by Gasteiger charge is 2.42. The van der Waals surface area contributed by atoms with E-state index in [1.54, 1.807) is 31.4 Å². The Hall–Kier alpha value is -2.53. The van der Waals surface area contributed by atoms with Crippen molar-refractivity contribution in [3.63, 3.8) is 0 Å². The number of phenols is 1. The second kappa shape index (κ2) is 6.53. The molecule has 2 aromatic rings. The van der Waals surface area contributed by atoms with Gasteiger partial charge in [-0.05, 0) is 23.8 Å². The first kappa shape index (κ1) is 16.3. The van der Waals surface area contributed by atoms with Crippen molar-refractivity contribution < 1.29 is 24.1 Å². The number of benzene rings is 2. The Morgan fingerprint density at radius 3 is 2.71 bits per heavy atom. The number of carbonyl (C=O) groups is 1. The lowest BCUT2D eigenvalue weighted by molar-refractivity contribution is -0.111. The Bertz CT molecular complexity index is 725. The molecule has 1 heterocycles. The van der Waals surface area contributed by atoms with Gasteiger partial charge in [0.25, 0.3) is 0 Å². The molecule has 126 valence electrons. The summed E-state index contributed by atoms with van der Waals surface area (Å²) in [5.74, 6) is 1.13. The van der Waals surface area contributed by atoms with Gasteiger partial charge in [0.1, 0.15) is 23.5 Å². The van der Waals surface area contributed by atoms with E-state index in [2.05, 4.69) is 0 Å². The van der Waals surface area contributed by atoms with Crippen LogP contribution >= 0.6 is 0 Å². The lowest BCUT2D eigenvalue weighted by Gasteiger charge is -2.40. The molecular weight excluding hydrogens is 308 g/mol. The number of aldehydes is 1. The number of methoxy groups -OCH3 is 1. The number of hydrogen-bond acceptors (Lipinski definition) is 5. The molecule has 0 fully saturated rings. The summed E-state index contributed by atoms with van der Waals surface area (Å²) in [7, 11) is 1.56. The first-order valence-electron chi connectivity index (χ1n) is 7.72. The minimum Gasteiger partial charge on any atom is -0.508 e. The molecule has 0 aliphatic carbocycles. The Morgan fingerprint density at radius 2 is 2.04 bits per heavy atom. The summed E-state index contributed by atoms with van der Waals surface area (Å²) < 4.78 is 16.2. The fourth-order valence-corrected chi connectivity index (χ4v) is 3.10. The number of carbonyl (C=O) groups excluding carboxylic acids is 1. The van der Waals surface area contributed by atoms with Crippen LogP contribution in [0.15, 0.2) is 42.5 Å². The first-order valence-corrected chi connectivity index (χ1v) is 7.72. The third kappa shape index (κ3) is 2.83. The van der Waals surface area contributed by atoms with Gasteiger partial charge in [-0.2, -0.15) is 0 Å². The normalized spacial score (nSPS) is 22.3. The second-order valence-electron chi connectivity index (χ2n) is 6.12. The topological polar surface area (TPSA) is 65.0 Å². The van der Waals surface area contributed by atoms with Crippen LogP contribution < -0.4 is 9.47 Å². The molecule has 0 amide bonds. The summed E-state index contributed by atoms with van der Waals surface area (Å²) in [5, 5.41) is 9.50. The Morgan fingerprint density at radius 1 is 1.29 bits per heavy atom. The second-order valence-corrected chi connectivity index (χ2v) is 6.12. The number of fused-ring (bicyclic) bond motifs is 1. The average molecular weight is 328 g/mol. The van der Waals surface area contributed by atoms with Crippen LogP contribution in [-0.2, 0) is 14.9 Å². The smallest absolute Gasteiger partial charge is 0.188 e. The highest BCUT2D eigenvalue weighted by molar-refractivity contribution is 5.70. The summed E-state index contributed by atoms with van der Waals surface area (Å²) in [4.78, 5) is 11.9. The van der Waals surface area contributed by atoms with Crippen LogP contribution in [0, 0.1) is 0 Å². The number of phenolic OH excluding ortho intramolecular Hbond substituents is 1. The lowest BCUT2D eigenvalue weighted by atomic mass is 9.68. The van der Waals surface area contributed by atoms with Crippen LogP contribution in [0.25, 0.3) is 0 Å². The zero-order valence-electron chi connectivity index (χ0n) is 13.7. The molecule has 3 rings (SSSR count). The van der Waals surface area contributed by atoms with Crippen LogP contribution in [0.5, 0.6) is 17.2 Å². The molecule has 0 spiro atoms. The summed E-state index contributed by atoms with van der Waals surface area (Å²) in [6, 6.07) is 12.4. The summed E-state index contributed by atoms with van der Waals surface area (Å²) in [5.41, 5.74) is 1.27. The van der Waals surface area contributed by atoms with Crippen LogP contribution in [0.3, 0.4) is 0 Å². The minimum absolute atomic E-state index is 0.154. The van der Waals surface area contributed by atoms with Crippen LogP contribution in [0.2, 0.25) is 0 Å². The molecule has 0 bridgehead atoms. The minimum atomic E-state index is -0.503. The molecule has 0 saturated heterocycles. The van der Waals surface area contributed by atoms with Gasteiger partial charge in [0.05, 0.1) is 12.5 Å². The van der Waals surface area contributed by atoms with Crippen LogP contribution in [-0.4, -0.2) is 31.9 Å². The van der Waals surface area contributed by atoms with E-state index in [9.17, 15) is 9.90 Å². The van der Waals surface area contributed by atoms with Gasteiger partial charge in [0.15, 0.2) is 6.79 Å². The zero-order valence-corrected chi connectivity index (χ0v) is 13.7. The van der Waals surface area contributed by atoms with E-state index < -0.39 is 5.41 Å². The third-order valence-electron chi connectivity index (χ3n) is 4.54. The van der Waals surface area contributed by atoms with Crippen molar-refractivity contribution in [3.8, 4) is 17.2 Å². The van der Waals surface area contributed by atoms with E-state index in [4.69, 9.17) is 14.2 Å². The van der Waals surface area contributed by atoms with Crippen molar-refractivity contribution in [2.24, 2.45) is 0 Å². The third-order valence-corrected chi connectivity index (χ3v) is 4.54. The SMILES string of the molecule is COCOc1ccc2c(c1)OCC(C)(c1ccc(O)cc1)C2C=O. The van der Waals surface area contributed by atoms with E-state index in [1.165, 1.54) is 0 Å². The molecule has 1 aliphatic rings. The van der Waals surface area contributed by atoms with E-state index in [0.717, 1.165) is 17.4 Å². The molecule has 1 N–H and O–H groups in total. The monoisotopic (exact) mass is 328 g/mol. The number of rotatable bonds is 5. The van der Waals surface area contributed by atoms with Gasteiger partial charge in [-0.15, -0.1) is 0 Å². The lowest BCUT2D eigenvalue weighted by Crippen LogP contribution is -2.41. The zero-order chi connectivity index (χ0) is 17.2. The van der Waals surface area contributed by atoms with E-state index in [1.807, 2.05) is 25.1 Å². The quantitative estimate of drug-likeness (QED) is 0.675. The Balaban J connectivity index is 1.97. The van der Waals surface area contributed by atoms with Crippen molar-refractivity contribution in [1.82, 2.24) is 0 Å². The molecule has 1 aliphatic heterocycles. The largest absolute Gasteiger partial charge is 0.508 e. The fourth-order valence-electron chi connectivity index (χ4n) is 3.10. The summed E-state index contributed by atoms with van der Waals surface area (Å²) in [6.07, 6.45) is 0.962. The molecule has 0 saturated carbocycles. The fraction of sp³-hybridized carbons (Fsp3) is 0.316. The molecule has 2 unspecified atom stereocenters. The Kier molecular flexibility index (Phi) is 4.44. The first-order chi connectivity index (χ1) is 11.6. The highest BCUT2D eigenvalue weighted by atomic mass is 16.7. The molecule has 2 aromatic carbocycles. The number of ether oxygens (including phenoxy) is 3. The average Bonchev–Trinajstić information content (AvgIpc) is 2.60. The van der Waals surface area contributed by atoms with Crippen molar-refractivity contribution in [3.05, 3.63) is 53.6 Å². The Labute approximate surface area is 140 Å². The molecule has 0 aromatic heterocycles. The number of hydrogen-bond donors (Lipinski definition) is 1. The molecule has 5 heteroatoms. The van der Waals surface area contributed by atoms with Crippen LogP contribution in [0.4, 0.5) is 0 Å². The van der Waals surface area contributed by atoms with E-state index >= 15 is 0 Å². The highest BCUT2D eigenvalue weighted by Crippen LogP contribution is 2.46. The summed E-state index contributed by atoms with van der Waals surface area (Å²) in [6.45, 7) is 2.51. The van der Waals surface area contributed by atoms with Gasteiger partial charge in [-0.1, -0.05) is 25.1 Å². The molecule has 24 heavy (non-hydrogen) atoms. The van der Waals surface area contributed by atoms with Gasteiger partial charge in [-0.25, -0.2) is 0 Å². The van der Waals surface area contributed by atoms with E-state index in [0.29, 0.717) is 18.1 Å². The molecule has 5 nitrogen and oxygen atoms in total. The predicted molar refractivity (Wildman–Crippen MR) is 88.7 cm³/mol. The van der Waals surface area contributed by atoms with Gasteiger partial charge in [-0.3, -0.25) is 0 Å². The summed E-state index contributed by atoms with van der Waals surface area (Å²) >= 11 is 0. The maximum atomic E-state index is 11.9. The maximum absolute atomic E-state index is 11.9. The standard InChI is InChI=1S/C19H20O5/c1-19(13-3-5-14(21)6-4-13)11-23-18-9-15(24-12-22-2)7-8-16(18)17(19)10-20/h3-10,17,21H,11-12H2,1-2H3. The van der Waals surface area contributed by atoms with Gasteiger partial charge in [0.2, 0.25) is 0 Å². The van der Waals surface area contributed by atoms with Gasteiger partial charge >= 0.3 is 0 Å². The predicted octanol–water partition coefficient (Wildman–Crippen LogP) is 3.01. The van der Waals surface area contributed by atoms with Crippen molar-refractivity contribution in [1.29, 1.82) is 0 Å². The molecule has 2 atom stereocenters. The number of aromatic hydroxyl groups is 1. The maximum Gasteiger partial charge on any atom is 0.188 e. The van der Waals surface area contributed by atoms with E-state index in [-0.39, 0.29) is 18.5 Å². The van der Waals surface area contributed by atoms with Gasteiger partial charge < -0.3 is 24.1 Å². The molecular formula is C19H20O5. The van der Waals surface area contributed by atoms with Crippen LogP contribution in [0.1, 0.15) is 24.0 Å². The van der Waals surface area contributed by atoms with Gasteiger partial charge in [0, 0.05) is 24.2 Å².